The first-order valence-electron chi connectivity index (χ1n) is 19.2. The first-order chi connectivity index (χ1) is 24.3. The van der Waals surface area contributed by atoms with Gasteiger partial charge in [0.15, 0.2) is 6.29 Å². The Morgan fingerprint density at radius 2 is 1.26 bits per heavy atom. The third-order valence-corrected chi connectivity index (χ3v) is 8.49. The van der Waals surface area contributed by atoms with Crippen molar-refractivity contribution in [1.29, 1.82) is 0 Å². The van der Waals surface area contributed by atoms with E-state index in [9.17, 15) is 30.3 Å². The summed E-state index contributed by atoms with van der Waals surface area (Å²) in [7, 11) is 0. The zero-order valence-corrected chi connectivity index (χ0v) is 30.9. The molecular weight excluding hydrogens is 634 g/mol. The first-order valence-corrected chi connectivity index (χ1v) is 19.2. The molecule has 9 nitrogen and oxygen atoms in total. The van der Waals surface area contributed by atoms with E-state index in [1.54, 1.807) is 6.08 Å². The van der Waals surface area contributed by atoms with Gasteiger partial charge in [-0.2, -0.15) is 0 Å². The number of aliphatic hydroxyl groups is 5. The van der Waals surface area contributed by atoms with Crippen LogP contribution in [0.2, 0.25) is 0 Å². The second-order valence-electron chi connectivity index (χ2n) is 13.0. The summed E-state index contributed by atoms with van der Waals surface area (Å²) in [4.78, 5) is 12.9. The molecule has 1 aliphatic heterocycles. The topological polar surface area (TPSA) is 149 Å². The van der Waals surface area contributed by atoms with Gasteiger partial charge in [-0.1, -0.05) is 119 Å². The molecule has 1 heterocycles. The van der Waals surface area contributed by atoms with E-state index in [1.807, 2.05) is 6.08 Å². The molecular formula is C41H69NO8. The lowest BCUT2D eigenvalue weighted by atomic mass is 9.99. The molecule has 1 rings (SSSR count). The molecule has 1 fully saturated rings. The second kappa shape index (κ2) is 31.4. The number of amides is 1. The van der Waals surface area contributed by atoms with E-state index in [1.165, 1.54) is 12.8 Å². The molecule has 9 heteroatoms. The lowest BCUT2D eigenvalue weighted by Crippen LogP contribution is -2.60. The van der Waals surface area contributed by atoms with Crippen molar-refractivity contribution in [3.63, 3.8) is 0 Å². The lowest BCUT2D eigenvalue weighted by Gasteiger charge is -2.40. The van der Waals surface area contributed by atoms with Crippen molar-refractivity contribution >= 4 is 5.91 Å². The van der Waals surface area contributed by atoms with E-state index in [-0.39, 0.29) is 12.5 Å². The van der Waals surface area contributed by atoms with Gasteiger partial charge in [-0.25, -0.2) is 0 Å². The molecule has 1 amide bonds. The van der Waals surface area contributed by atoms with Gasteiger partial charge in [0.25, 0.3) is 0 Å². The minimum Gasteiger partial charge on any atom is -0.394 e. The highest BCUT2D eigenvalue weighted by molar-refractivity contribution is 5.76. The van der Waals surface area contributed by atoms with Crippen LogP contribution in [-0.2, 0) is 14.3 Å². The summed E-state index contributed by atoms with van der Waals surface area (Å²) in [5.41, 5.74) is 0. The van der Waals surface area contributed by atoms with Crippen molar-refractivity contribution in [1.82, 2.24) is 5.32 Å². The lowest BCUT2D eigenvalue weighted by molar-refractivity contribution is -0.302. The van der Waals surface area contributed by atoms with Crippen molar-refractivity contribution in [2.75, 3.05) is 13.2 Å². The van der Waals surface area contributed by atoms with Crippen LogP contribution >= 0.6 is 0 Å². The van der Waals surface area contributed by atoms with E-state index in [4.69, 9.17) is 9.47 Å². The molecule has 6 N–H and O–H groups in total. The monoisotopic (exact) mass is 704 g/mol. The number of unbranched alkanes of at least 4 members (excludes halogenated alkanes) is 9. The van der Waals surface area contributed by atoms with Gasteiger partial charge in [0, 0.05) is 6.42 Å². The quantitative estimate of drug-likeness (QED) is 0.0375. The van der Waals surface area contributed by atoms with Crippen LogP contribution in [0.3, 0.4) is 0 Å². The fraction of sp³-hybridized carbons (Fsp3) is 0.683. The van der Waals surface area contributed by atoms with Gasteiger partial charge in [0.1, 0.15) is 24.4 Å². The van der Waals surface area contributed by atoms with Crippen LogP contribution in [0.1, 0.15) is 123 Å². The van der Waals surface area contributed by atoms with Crippen molar-refractivity contribution in [2.45, 2.75) is 166 Å². The van der Waals surface area contributed by atoms with Crippen LogP contribution < -0.4 is 5.32 Å². The Morgan fingerprint density at radius 3 is 1.92 bits per heavy atom. The predicted molar refractivity (Wildman–Crippen MR) is 202 cm³/mol. The Bertz CT molecular complexity index is 1000. The third kappa shape index (κ3) is 22.4. The Balaban J connectivity index is 2.51. The molecule has 0 saturated carbocycles. The van der Waals surface area contributed by atoms with Crippen molar-refractivity contribution in [3.8, 4) is 0 Å². The van der Waals surface area contributed by atoms with Crippen LogP contribution in [0.5, 0.6) is 0 Å². The normalized spacial score (nSPS) is 23.1. The van der Waals surface area contributed by atoms with Gasteiger partial charge in [0.05, 0.1) is 25.4 Å². The number of aliphatic hydroxyl groups excluding tert-OH is 5. The van der Waals surface area contributed by atoms with Gasteiger partial charge < -0.3 is 40.3 Å². The predicted octanol–water partition coefficient (Wildman–Crippen LogP) is 6.66. The highest BCUT2D eigenvalue weighted by Gasteiger charge is 2.44. The Morgan fingerprint density at radius 1 is 0.700 bits per heavy atom. The minimum absolute atomic E-state index is 0.215. The summed E-state index contributed by atoms with van der Waals surface area (Å²) in [5.74, 6) is -0.215. The highest BCUT2D eigenvalue weighted by Crippen LogP contribution is 2.22. The number of hydrogen-bond acceptors (Lipinski definition) is 8. The van der Waals surface area contributed by atoms with E-state index in [0.717, 1.165) is 89.9 Å². The van der Waals surface area contributed by atoms with Gasteiger partial charge >= 0.3 is 0 Å². The summed E-state index contributed by atoms with van der Waals surface area (Å²) in [6.45, 7) is 3.53. The zero-order valence-electron chi connectivity index (χ0n) is 30.9. The van der Waals surface area contributed by atoms with Gasteiger partial charge in [0.2, 0.25) is 5.91 Å². The molecule has 50 heavy (non-hydrogen) atoms. The molecule has 0 radical (unpaired) electrons. The minimum atomic E-state index is -1.58. The molecule has 1 aliphatic rings. The Kier molecular flexibility index (Phi) is 28.6. The Hall–Kier alpha value is -2.37. The number of rotatable bonds is 29. The molecule has 7 unspecified atom stereocenters. The average Bonchev–Trinajstić information content (AvgIpc) is 3.11. The van der Waals surface area contributed by atoms with Crippen molar-refractivity contribution in [3.05, 3.63) is 72.9 Å². The van der Waals surface area contributed by atoms with Crippen molar-refractivity contribution in [2.24, 2.45) is 0 Å². The summed E-state index contributed by atoms with van der Waals surface area (Å²) < 4.78 is 11.1. The number of carbonyl (C=O) groups excluding carboxylic acids is 1. The summed E-state index contributed by atoms with van der Waals surface area (Å²) >= 11 is 0. The second-order valence-corrected chi connectivity index (χ2v) is 13.0. The molecule has 286 valence electrons. The number of carbonyl (C=O) groups is 1. The Labute approximate surface area is 302 Å². The van der Waals surface area contributed by atoms with Crippen LogP contribution in [-0.4, -0.2) is 87.5 Å². The molecule has 0 bridgehead atoms. The maximum absolute atomic E-state index is 12.9. The van der Waals surface area contributed by atoms with E-state index in [0.29, 0.717) is 6.42 Å². The largest absolute Gasteiger partial charge is 0.394 e. The van der Waals surface area contributed by atoms with Crippen LogP contribution in [0.15, 0.2) is 72.9 Å². The molecule has 0 aromatic carbocycles. The molecule has 0 aromatic rings. The molecule has 1 saturated heterocycles. The number of hydrogen-bond donors (Lipinski definition) is 6. The standard InChI is InChI=1S/C41H69NO8/c1-3-5-7-9-11-13-15-17-18-19-21-23-25-27-29-31-37(45)42-34(33-49-41-40(48)39(47)38(46)36(32-43)50-41)35(44)30-28-26-24-22-20-16-14-12-10-8-6-4-2/h5,7,10-13,17-18,20,22,28,30,34-36,38-41,43-44,46-48H,3-4,6,8-9,14-16,19,21,23-27,29,31-33H2,1-2H3,(H,42,45)/b7-5-,12-10+,13-11-,18-17-,22-20+,30-28+. The van der Waals surface area contributed by atoms with Crippen LogP contribution in [0, 0.1) is 0 Å². The molecule has 7 atom stereocenters. The number of allylic oxidation sites excluding steroid dienone is 11. The summed E-state index contributed by atoms with van der Waals surface area (Å²) in [5, 5.41) is 53.8. The summed E-state index contributed by atoms with van der Waals surface area (Å²) in [6, 6.07) is -0.837. The molecule has 0 aliphatic carbocycles. The van der Waals surface area contributed by atoms with Gasteiger partial charge in [-0.15, -0.1) is 0 Å². The maximum atomic E-state index is 12.9. The van der Waals surface area contributed by atoms with E-state index in [2.05, 4.69) is 79.9 Å². The molecule has 0 aromatic heterocycles. The van der Waals surface area contributed by atoms with Crippen molar-refractivity contribution < 1.29 is 39.8 Å². The highest BCUT2D eigenvalue weighted by atomic mass is 16.7. The fourth-order valence-electron chi connectivity index (χ4n) is 5.36. The smallest absolute Gasteiger partial charge is 0.220 e. The van der Waals surface area contributed by atoms with Crippen LogP contribution in [0.4, 0.5) is 0 Å². The number of ether oxygens (including phenoxy) is 2. The van der Waals surface area contributed by atoms with Gasteiger partial charge in [-0.05, 0) is 70.6 Å². The van der Waals surface area contributed by atoms with E-state index < -0.39 is 49.5 Å². The first kappa shape index (κ1) is 45.7. The summed E-state index contributed by atoms with van der Waals surface area (Å²) in [6.07, 6.45) is 33.7. The fourth-order valence-corrected chi connectivity index (χ4v) is 5.36. The SMILES string of the molecule is CC/C=C\C/C=C\C/C=C\CCCCCCCC(=O)NC(COC1OC(CO)C(O)C(O)C1O)C(O)/C=C/CC/C=C/CC/C=C/CCCC. The van der Waals surface area contributed by atoms with E-state index >= 15 is 0 Å². The average molecular weight is 704 g/mol. The molecule has 0 spiro atoms. The maximum Gasteiger partial charge on any atom is 0.220 e. The third-order valence-electron chi connectivity index (χ3n) is 8.49. The zero-order chi connectivity index (χ0) is 36.7. The number of nitrogens with one attached hydrogen (secondary N) is 1. The van der Waals surface area contributed by atoms with Crippen LogP contribution in [0.25, 0.3) is 0 Å². The van der Waals surface area contributed by atoms with Gasteiger partial charge in [-0.3, -0.25) is 4.79 Å².